The highest BCUT2D eigenvalue weighted by Gasteiger charge is 2.19. The summed E-state index contributed by atoms with van der Waals surface area (Å²) in [6.07, 6.45) is 0.874. The van der Waals surface area contributed by atoms with Crippen LogP contribution in [0.1, 0.15) is 13.3 Å². The Bertz CT molecular complexity index is 724. The van der Waals surface area contributed by atoms with Crippen molar-refractivity contribution in [1.29, 1.82) is 0 Å². The minimum absolute atomic E-state index is 0.0377. The number of carbonyl (C=O) groups is 1. The minimum atomic E-state index is -0.962. The summed E-state index contributed by atoms with van der Waals surface area (Å²) in [5.74, 6) is -1.65. The molecule has 0 fully saturated rings. The Labute approximate surface area is 124 Å². The van der Waals surface area contributed by atoms with Gasteiger partial charge in [0, 0.05) is 0 Å². The number of hydrogen-bond acceptors (Lipinski definition) is 7. The Morgan fingerprint density at radius 2 is 2.32 bits per heavy atom. The van der Waals surface area contributed by atoms with Gasteiger partial charge in [-0.3, -0.25) is 19.1 Å². The van der Waals surface area contributed by atoms with Crippen molar-refractivity contribution in [3.8, 4) is 0 Å². The van der Waals surface area contributed by atoms with Crippen LogP contribution < -0.4 is 11.3 Å². The number of carboxylic acid groups (broad SMARTS) is 1. The molecule has 2 aromatic heterocycles. The van der Waals surface area contributed by atoms with Crippen molar-refractivity contribution in [3.63, 3.8) is 0 Å². The number of aliphatic carboxylic acids is 1. The molecule has 0 aromatic carbocycles. The largest absolute Gasteiger partial charge is 0.481 e. The average molecular weight is 311 g/mol. The Balaban J connectivity index is 2.10. The number of nitrogens with zero attached hydrogens (tertiary/aromatic N) is 3. The molecule has 2 heterocycles. The lowest BCUT2D eigenvalue weighted by Gasteiger charge is -2.17. The van der Waals surface area contributed by atoms with E-state index in [9.17, 15) is 14.7 Å². The number of fused-ring (bicyclic) bond motifs is 1. The maximum absolute atomic E-state index is 11.6. The van der Waals surface area contributed by atoms with Gasteiger partial charge in [0.15, 0.2) is 11.2 Å². The fourth-order valence-corrected chi connectivity index (χ4v) is 1.94. The summed E-state index contributed by atoms with van der Waals surface area (Å²) < 4.78 is 6.91. The number of nitrogens with one attached hydrogen (secondary N) is 1. The van der Waals surface area contributed by atoms with E-state index in [2.05, 4.69) is 15.0 Å². The molecule has 5 N–H and O–H groups in total. The Morgan fingerprint density at radius 3 is 2.95 bits per heavy atom. The summed E-state index contributed by atoms with van der Waals surface area (Å²) in [4.78, 5) is 32.7. The van der Waals surface area contributed by atoms with Crippen molar-refractivity contribution in [3.05, 3.63) is 16.7 Å². The summed E-state index contributed by atoms with van der Waals surface area (Å²) in [6.45, 7) is 1.17. The molecule has 0 aliphatic rings. The molecule has 0 bridgehead atoms. The van der Waals surface area contributed by atoms with Gasteiger partial charge in [0.25, 0.3) is 5.56 Å². The van der Waals surface area contributed by atoms with E-state index in [1.807, 2.05) is 0 Å². The van der Waals surface area contributed by atoms with Gasteiger partial charge in [-0.25, -0.2) is 4.98 Å². The number of imidazole rings is 1. The normalized spacial score (nSPS) is 14.1. The quantitative estimate of drug-likeness (QED) is 0.515. The van der Waals surface area contributed by atoms with Crippen molar-refractivity contribution in [2.75, 3.05) is 12.3 Å². The number of carboxylic acids is 1. The predicted octanol–water partition coefficient (Wildman–Crippen LogP) is -0.852. The number of aromatic nitrogens is 4. The summed E-state index contributed by atoms with van der Waals surface area (Å²) >= 11 is 0. The molecule has 0 aliphatic heterocycles. The van der Waals surface area contributed by atoms with Crippen LogP contribution in [-0.4, -0.2) is 48.4 Å². The molecule has 2 aromatic rings. The smallest absolute Gasteiger partial charge is 0.306 e. The molecular formula is C12H17N5O5. The van der Waals surface area contributed by atoms with Gasteiger partial charge in [0.1, 0.15) is 6.73 Å². The van der Waals surface area contributed by atoms with Crippen molar-refractivity contribution in [2.45, 2.75) is 26.2 Å². The van der Waals surface area contributed by atoms with Crippen LogP contribution in [0.5, 0.6) is 0 Å². The average Bonchev–Trinajstić information content (AvgIpc) is 2.86. The number of H-pyrrole nitrogens is 1. The Kier molecular flexibility index (Phi) is 4.73. The SMILES string of the molecule is CC(CC(CO)OCn1cnc2c(=O)[nH]c(N)nc21)C(=O)O. The first kappa shape index (κ1) is 15.9. The summed E-state index contributed by atoms with van der Waals surface area (Å²) in [5.41, 5.74) is 5.40. The zero-order valence-corrected chi connectivity index (χ0v) is 11.9. The number of nitrogen functional groups attached to an aromatic ring is 1. The van der Waals surface area contributed by atoms with E-state index in [-0.39, 0.29) is 36.9 Å². The summed E-state index contributed by atoms with van der Waals surface area (Å²) in [5, 5.41) is 18.1. The highest BCUT2D eigenvalue weighted by Crippen LogP contribution is 2.12. The Morgan fingerprint density at radius 1 is 1.59 bits per heavy atom. The van der Waals surface area contributed by atoms with Gasteiger partial charge in [0.2, 0.25) is 5.95 Å². The number of aromatic amines is 1. The molecule has 0 amide bonds. The van der Waals surface area contributed by atoms with Crippen LogP contribution in [0.2, 0.25) is 0 Å². The minimum Gasteiger partial charge on any atom is -0.481 e. The number of anilines is 1. The third-order valence-corrected chi connectivity index (χ3v) is 3.18. The molecule has 0 saturated heterocycles. The molecule has 10 heteroatoms. The van der Waals surface area contributed by atoms with Gasteiger partial charge in [-0.2, -0.15) is 4.98 Å². The highest BCUT2D eigenvalue weighted by molar-refractivity contribution is 5.70. The first-order valence-electron chi connectivity index (χ1n) is 6.58. The van der Waals surface area contributed by atoms with E-state index in [4.69, 9.17) is 15.6 Å². The van der Waals surface area contributed by atoms with E-state index in [0.717, 1.165) is 0 Å². The second kappa shape index (κ2) is 6.54. The van der Waals surface area contributed by atoms with Crippen LogP contribution >= 0.6 is 0 Å². The highest BCUT2D eigenvalue weighted by atomic mass is 16.5. The van der Waals surface area contributed by atoms with Crippen LogP contribution in [0.4, 0.5) is 5.95 Å². The molecule has 0 radical (unpaired) electrons. The van der Waals surface area contributed by atoms with Crippen LogP contribution in [-0.2, 0) is 16.3 Å². The zero-order valence-electron chi connectivity index (χ0n) is 11.9. The fraction of sp³-hybridized carbons (Fsp3) is 0.500. The summed E-state index contributed by atoms with van der Waals surface area (Å²) in [6, 6.07) is 0. The van der Waals surface area contributed by atoms with Crippen molar-refractivity contribution in [2.24, 2.45) is 5.92 Å². The molecule has 22 heavy (non-hydrogen) atoms. The predicted molar refractivity (Wildman–Crippen MR) is 75.9 cm³/mol. The van der Waals surface area contributed by atoms with Crippen molar-refractivity contribution >= 4 is 23.1 Å². The third kappa shape index (κ3) is 3.40. The number of nitrogens with two attached hydrogens (primary N) is 1. The molecule has 0 saturated carbocycles. The Hall–Kier alpha value is -2.46. The zero-order chi connectivity index (χ0) is 16.3. The molecule has 2 rings (SSSR count). The lowest BCUT2D eigenvalue weighted by molar-refractivity contribution is -0.143. The van der Waals surface area contributed by atoms with Crippen molar-refractivity contribution < 1.29 is 19.7 Å². The first-order valence-corrected chi connectivity index (χ1v) is 6.58. The maximum atomic E-state index is 11.6. The number of rotatable bonds is 7. The third-order valence-electron chi connectivity index (χ3n) is 3.18. The molecule has 2 unspecified atom stereocenters. The van der Waals surface area contributed by atoms with E-state index in [1.54, 1.807) is 0 Å². The topological polar surface area (TPSA) is 156 Å². The molecule has 0 aliphatic carbocycles. The molecule has 10 nitrogen and oxygen atoms in total. The van der Waals surface area contributed by atoms with Gasteiger partial charge in [-0.15, -0.1) is 0 Å². The van der Waals surface area contributed by atoms with E-state index < -0.39 is 23.6 Å². The summed E-state index contributed by atoms with van der Waals surface area (Å²) in [7, 11) is 0. The van der Waals surface area contributed by atoms with E-state index in [1.165, 1.54) is 17.8 Å². The second-order valence-electron chi connectivity index (χ2n) is 4.91. The molecular weight excluding hydrogens is 294 g/mol. The fourth-order valence-electron chi connectivity index (χ4n) is 1.94. The molecule has 0 spiro atoms. The van der Waals surface area contributed by atoms with Gasteiger partial charge < -0.3 is 20.7 Å². The standard InChI is InChI=1S/C12H17N5O5/c1-6(11(20)21)2-7(3-18)22-5-17-4-14-8-9(17)15-12(13)16-10(8)19/h4,6-7,18H,2-3,5H2,1H3,(H,20,21)(H3,13,15,16,19). The first-order chi connectivity index (χ1) is 10.4. The lowest BCUT2D eigenvalue weighted by atomic mass is 10.0. The molecule has 2 atom stereocenters. The van der Waals surface area contributed by atoms with Gasteiger partial charge in [-0.1, -0.05) is 6.92 Å². The van der Waals surface area contributed by atoms with Crippen molar-refractivity contribution in [1.82, 2.24) is 19.5 Å². The maximum Gasteiger partial charge on any atom is 0.306 e. The van der Waals surface area contributed by atoms with Crippen LogP contribution in [0.3, 0.4) is 0 Å². The lowest BCUT2D eigenvalue weighted by Crippen LogP contribution is -2.25. The van der Waals surface area contributed by atoms with E-state index in [0.29, 0.717) is 0 Å². The molecule has 120 valence electrons. The number of aliphatic hydroxyl groups excluding tert-OH is 1. The van der Waals surface area contributed by atoms with E-state index >= 15 is 0 Å². The van der Waals surface area contributed by atoms with Crippen LogP contribution in [0.15, 0.2) is 11.1 Å². The number of aliphatic hydroxyl groups is 1. The van der Waals surface area contributed by atoms with Crippen LogP contribution in [0.25, 0.3) is 11.2 Å². The van der Waals surface area contributed by atoms with Gasteiger partial charge >= 0.3 is 5.97 Å². The second-order valence-corrected chi connectivity index (χ2v) is 4.91. The van der Waals surface area contributed by atoms with Gasteiger partial charge in [0.05, 0.1) is 25.0 Å². The number of ether oxygens (including phenoxy) is 1. The van der Waals surface area contributed by atoms with Gasteiger partial charge in [-0.05, 0) is 6.42 Å². The number of hydrogen-bond donors (Lipinski definition) is 4. The monoisotopic (exact) mass is 311 g/mol. The van der Waals surface area contributed by atoms with Crippen LogP contribution in [0, 0.1) is 5.92 Å².